The Morgan fingerprint density at radius 2 is 1.86 bits per heavy atom. The van der Waals surface area contributed by atoms with Crippen molar-refractivity contribution < 1.29 is 4.74 Å². The molecule has 0 bridgehead atoms. The molecule has 3 atom stereocenters. The van der Waals surface area contributed by atoms with Crippen LogP contribution in [0.2, 0.25) is 0 Å². The molecular formula is C18H38N2O. The molecule has 1 aliphatic rings. The van der Waals surface area contributed by atoms with Crippen LogP contribution >= 0.6 is 0 Å². The largest absolute Gasteiger partial charge is 0.380 e. The molecule has 1 saturated carbocycles. The molecule has 1 aliphatic carbocycles. The molecule has 0 aromatic rings. The van der Waals surface area contributed by atoms with Gasteiger partial charge >= 0.3 is 0 Å². The Balaban J connectivity index is 2.72. The molecule has 1 N–H and O–H groups in total. The molecule has 0 amide bonds. The monoisotopic (exact) mass is 298 g/mol. The minimum Gasteiger partial charge on any atom is -0.380 e. The fourth-order valence-corrected chi connectivity index (χ4v) is 3.72. The molecule has 3 heteroatoms. The maximum Gasteiger partial charge on any atom is 0.0593 e. The molecule has 0 aromatic heterocycles. The number of hydrogen-bond donors (Lipinski definition) is 1. The lowest BCUT2D eigenvalue weighted by molar-refractivity contribution is 0.0388. The van der Waals surface area contributed by atoms with Crippen molar-refractivity contribution in [1.29, 1.82) is 0 Å². The van der Waals surface area contributed by atoms with Gasteiger partial charge in [0.15, 0.2) is 0 Å². The second kappa shape index (κ2) is 9.12. The lowest BCUT2D eigenvalue weighted by atomic mass is 9.69. The van der Waals surface area contributed by atoms with E-state index in [0.717, 1.165) is 38.8 Å². The van der Waals surface area contributed by atoms with Gasteiger partial charge in [-0.05, 0) is 50.6 Å². The third-order valence-corrected chi connectivity index (χ3v) is 5.11. The molecule has 0 aromatic carbocycles. The van der Waals surface area contributed by atoms with Crippen LogP contribution in [0.5, 0.6) is 0 Å². The summed E-state index contributed by atoms with van der Waals surface area (Å²) in [6.45, 7) is 18.7. The van der Waals surface area contributed by atoms with E-state index in [1.54, 1.807) is 0 Å². The summed E-state index contributed by atoms with van der Waals surface area (Å²) in [6.07, 6.45) is 3.99. The SMILES string of the molecule is CCNC1CCC(C(C)(C)C)CC1N(CC)CCOCC. The van der Waals surface area contributed by atoms with E-state index in [0.29, 0.717) is 17.5 Å². The zero-order valence-electron chi connectivity index (χ0n) is 15.2. The van der Waals surface area contributed by atoms with Gasteiger partial charge in [-0.1, -0.05) is 34.6 Å². The van der Waals surface area contributed by atoms with Gasteiger partial charge in [-0.25, -0.2) is 0 Å². The third kappa shape index (κ3) is 5.88. The first-order valence-electron chi connectivity index (χ1n) is 8.99. The highest BCUT2D eigenvalue weighted by Gasteiger charge is 2.37. The maximum absolute atomic E-state index is 5.58. The third-order valence-electron chi connectivity index (χ3n) is 5.11. The van der Waals surface area contributed by atoms with E-state index >= 15 is 0 Å². The minimum absolute atomic E-state index is 0.425. The molecule has 0 heterocycles. The first-order chi connectivity index (χ1) is 9.93. The van der Waals surface area contributed by atoms with Crippen molar-refractivity contribution in [3.05, 3.63) is 0 Å². The Morgan fingerprint density at radius 3 is 2.38 bits per heavy atom. The predicted octanol–water partition coefficient (Wildman–Crippen LogP) is 3.54. The van der Waals surface area contributed by atoms with E-state index in [4.69, 9.17) is 4.74 Å². The zero-order valence-corrected chi connectivity index (χ0v) is 15.2. The Morgan fingerprint density at radius 1 is 1.14 bits per heavy atom. The van der Waals surface area contributed by atoms with Crippen molar-refractivity contribution in [3.8, 4) is 0 Å². The summed E-state index contributed by atoms with van der Waals surface area (Å²) in [5, 5.41) is 3.73. The summed E-state index contributed by atoms with van der Waals surface area (Å²) in [6, 6.07) is 1.31. The number of nitrogens with zero attached hydrogens (tertiary/aromatic N) is 1. The van der Waals surface area contributed by atoms with E-state index in [1.165, 1.54) is 19.3 Å². The smallest absolute Gasteiger partial charge is 0.0593 e. The van der Waals surface area contributed by atoms with Gasteiger partial charge in [0.25, 0.3) is 0 Å². The van der Waals surface area contributed by atoms with Crippen LogP contribution in [0.1, 0.15) is 60.8 Å². The number of hydrogen-bond acceptors (Lipinski definition) is 3. The van der Waals surface area contributed by atoms with E-state index in [-0.39, 0.29) is 0 Å². The summed E-state index contributed by atoms with van der Waals surface area (Å²) >= 11 is 0. The van der Waals surface area contributed by atoms with Crippen LogP contribution in [-0.2, 0) is 4.74 Å². The average Bonchev–Trinajstić information content (AvgIpc) is 2.44. The van der Waals surface area contributed by atoms with E-state index in [1.807, 2.05) is 0 Å². The van der Waals surface area contributed by atoms with Gasteiger partial charge in [0.05, 0.1) is 6.61 Å². The van der Waals surface area contributed by atoms with Gasteiger partial charge < -0.3 is 10.1 Å². The van der Waals surface area contributed by atoms with Crippen molar-refractivity contribution in [2.75, 3.05) is 32.8 Å². The Hall–Kier alpha value is -0.120. The topological polar surface area (TPSA) is 24.5 Å². The lowest BCUT2D eigenvalue weighted by Crippen LogP contribution is -2.55. The Labute approximate surface area is 132 Å². The highest BCUT2D eigenvalue weighted by atomic mass is 16.5. The van der Waals surface area contributed by atoms with E-state index in [2.05, 4.69) is 51.8 Å². The molecule has 1 fully saturated rings. The zero-order chi connectivity index (χ0) is 15.9. The number of likely N-dealkylation sites (N-methyl/N-ethyl adjacent to an activating group) is 2. The molecule has 3 unspecified atom stereocenters. The fraction of sp³-hybridized carbons (Fsp3) is 1.00. The van der Waals surface area contributed by atoms with Crippen LogP contribution in [0.15, 0.2) is 0 Å². The summed E-state index contributed by atoms with van der Waals surface area (Å²) in [5.41, 5.74) is 0.425. The van der Waals surface area contributed by atoms with Crippen molar-refractivity contribution in [1.82, 2.24) is 10.2 Å². The predicted molar refractivity (Wildman–Crippen MR) is 91.8 cm³/mol. The van der Waals surface area contributed by atoms with Crippen LogP contribution in [0.3, 0.4) is 0 Å². The highest BCUT2D eigenvalue weighted by Crippen LogP contribution is 2.39. The molecule has 126 valence electrons. The van der Waals surface area contributed by atoms with Gasteiger partial charge in [0, 0.05) is 25.2 Å². The molecule has 3 nitrogen and oxygen atoms in total. The van der Waals surface area contributed by atoms with Crippen LogP contribution in [-0.4, -0.2) is 49.8 Å². The van der Waals surface area contributed by atoms with Gasteiger partial charge in [-0.2, -0.15) is 0 Å². The van der Waals surface area contributed by atoms with Crippen LogP contribution < -0.4 is 5.32 Å². The fourth-order valence-electron chi connectivity index (χ4n) is 3.72. The van der Waals surface area contributed by atoms with Crippen LogP contribution in [0.4, 0.5) is 0 Å². The van der Waals surface area contributed by atoms with Crippen molar-refractivity contribution in [3.63, 3.8) is 0 Å². The molecule has 1 rings (SSSR count). The quantitative estimate of drug-likeness (QED) is 0.694. The summed E-state index contributed by atoms with van der Waals surface area (Å²) in [5.74, 6) is 0.832. The standard InChI is InChI=1S/C18H38N2O/c1-7-19-16-11-10-15(18(4,5)6)14-17(16)20(8-2)12-13-21-9-3/h15-17,19H,7-14H2,1-6H3. The first kappa shape index (κ1) is 18.9. The number of ether oxygens (including phenoxy) is 1. The van der Waals surface area contributed by atoms with E-state index in [9.17, 15) is 0 Å². The molecule has 0 spiro atoms. The minimum atomic E-state index is 0.425. The normalized spacial score (nSPS) is 27.3. The molecule has 0 radical (unpaired) electrons. The number of rotatable bonds is 8. The number of nitrogens with one attached hydrogen (secondary N) is 1. The summed E-state index contributed by atoms with van der Waals surface area (Å²) in [4.78, 5) is 2.64. The van der Waals surface area contributed by atoms with Gasteiger partial charge in [-0.15, -0.1) is 0 Å². The van der Waals surface area contributed by atoms with Crippen molar-refractivity contribution in [2.45, 2.75) is 72.9 Å². The van der Waals surface area contributed by atoms with Crippen LogP contribution in [0, 0.1) is 11.3 Å². The Bertz CT molecular complexity index is 275. The summed E-state index contributed by atoms with van der Waals surface area (Å²) in [7, 11) is 0. The molecule has 0 saturated heterocycles. The van der Waals surface area contributed by atoms with Crippen molar-refractivity contribution in [2.24, 2.45) is 11.3 Å². The van der Waals surface area contributed by atoms with E-state index < -0.39 is 0 Å². The second-order valence-electron chi connectivity index (χ2n) is 7.43. The summed E-state index contributed by atoms with van der Waals surface area (Å²) < 4.78 is 5.58. The molecular weight excluding hydrogens is 260 g/mol. The van der Waals surface area contributed by atoms with Gasteiger partial charge in [0.1, 0.15) is 0 Å². The highest BCUT2D eigenvalue weighted by molar-refractivity contribution is 4.94. The average molecular weight is 299 g/mol. The molecule has 0 aliphatic heterocycles. The molecule has 21 heavy (non-hydrogen) atoms. The lowest BCUT2D eigenvalue weighted by Gasteiger charge is -2.46. The van der Waals surface area contributed by atoms with Crippen LogP contribution in [0.25, 0.3) is 0 Å². The second-order valence-corrected chi connectivity index (χ2v) is 7.43. The Kier molecular flexibility index (Phi) is 8.22. The maximum atomic E-state index is 5.58. The van der Waals surface area contributed by atoms with Gasteiger partial charge in [0.2, 0.25) is 0 Å². The van der Waals surface area contributed by atoms with Crippen molar-refractivity contribution >= 4 is 0 Å². The van der Waals surface area contributed by atoms with Gasteiger partial charge in [-0.3, -0.25) is 4.90 Å². The first-order valence-corrected chi connectivity index (χ1v) is 8.99.